The maximum atomic E-state index is 13.3. The van der Waals surface area contributed by atoms with Gasteiger partial charge in [0, 0.05) is 18.4 Å². The fourth-order valence-corrected chi connectivity index (χ4v) is 3.17. The van der Waals surface area contributed by atoms with Gasteiger partial charge in [-0.1, -0.05) is 24.3 Å². The molecule has 1 atom stereocenters. The van der Waals surface area contributed by atoms with E-state index in [0.717, 1.165) is 22.4 Å². The summed E-state index contributed by atoms with van der Waals surface area (Å²) in [5.41, 5.74) is 2.95. The summed E-state index contributed by atoms with van der Waals surface area (Å²) in [4.78, 5) is 13.0. The van der Waals surface area contributed by atoms with Crippen LogP contribution in [0.1, 0.15) is 18.5 Å². The third-order valence-corrected chi connectivity index (χ3v) is 4.80. The van der Waals surface area contributed by atoms with Crippen molar-refractivity contribution >= 4 is 29.9 Å². The van der Waals surface area contributed by atoms with Crippen LogP contribution in [-0.4, -0.2) is 22.1 Å². The largest absolute Gasteiger partial charge is 0.497 e. The van der Waals surface area contributed by atoms with Gasteiger partial charge in [-0.25, -0.2) is 14.4 Å². The Labute approximate surface area is 192 Å². The molecule has 2 heterocycles. The second-order valence-electron chi connectivity index (χ2n) is 6.99. The summed E-state index contributed by atoms with van der Waals surface area (Å²) in [6, 6.07) is 18.1. The van der Waals surface area contributed by atoms with Gasteiger partial charge in [0.1, 0.15) is 29.0 Å². The normalized spacial score (nSPS) is 11.2. The minimum atomic E-state index is -0.258. The average Bonchev–Trinajstić information content (AvgIpc) is 2.80. The van der Waals surface area contributed by atoms with Gasteiger partial charge in [-0.2, -0.15) is 0 Å². The van der Waals surface area contributed by atoms with Crippen LogP contribution in [0.25, 0.3) is 11.1 Å². The van der Waals surface area contributed by atoms with Crippen LogP contribution < -0.4 is 15.4 Å². The van der Waals surface area contributed by atoms with E-state index in [2.05, 4.69) is 25.6 Å². The van der Waals surface area contributed by atoms with Crippen molar-refractivity contribution in [1.29, 1.82) is 0 Å². The summed E-state index contributed by atoms with van der Waals surface area (Å²) in [5.74, 6) is 2.43. The monoisotopic (exact) mass is 451 g/mol. The predicted molar refractivity (Wildman–Crippen MR) is 127 cm³/mol. The summed E-state index contributed by atoms with van der Waals surface area (Å²) in [6.45, 7) is 2.00. The highest BCUT2D eigenvalue weighted by atomic mass is 35.5. The Hall–Kier alpha value is -3.71. The van der Waals surface area contributed by atoms with Crippen molar-refractivity contribution in [3.63, 3.8) is 0 Å². The van der Waals surface area contributed by atoms with E-state index in [1.54, 1.807) is 37.8 Å². The van der Waals surface area contributed by atoms with E-state index in [4.69, 9.17) is 4.74 Å². The summed E-state index contributed by atoms with van der Waals surface area (Å²) < 4.78 is 18.5. The van der Waals surface area contributed by atoms with Crippen molar-refractivity contribution in [1.82, 2.24) is 15.0 Å². The number of halogens is 2. The Bertz CT molecular complexity index is 1140. The van der Waals surface area contributed by atoms with Gasteiger partial charge in [0.2, 0.25) is 0 Å². The number of methoxy groups -OCH3 is 1. The lowest BCUT2D eigenvalue weighted by atomic mass is 10.1. The summed E-state index contributed by atoms with van der Waals surface area (Å²) in [6.07, 6.45) is 4.87. The van der Waals surface area contributed by atoms with Crippen LogP contribution in [-0.2, 0) is 0 Å². The standard InChI is InChI=1S/C24H22FN5O.ClH/c1-16(17-3-7-20(25)8-4-17)28-22-13-19(18-5-9-21(31-2)10-6-18)14-23(29-22)30-24-15-26-11-12-27-24;/h3-16H,1-2H3,(H2,27,28,29,30);1H/t16-;/m0./s1. The van der Waals surface area contributed by atoms with Crippen LogP contribution in [0.3, 0.4) is 0 Å². The molecule has 2 N–H and O–H groups in total. The number of nitrogens with one attached hydrogen (secondary N) is 2. The summed E-state index contributed by atoms with van der Waals surface area (Å²) in [7, 11) is 1.64. The molecule has 0 aliphatic rings. The molecule has 8 heteroatoms. The highest BCUT2D eigenvalue weighted by Crippen LogP contribution is 2.29. The molecule has 0 aliphatic heterocycles. The molecule has 0 bridgehead atoms. The summed E-state index contributed by atoms with van der Waals surface area (Å²) in [5, 5.41) is 6.60. The minimum Gasteiger partial charge on any atom is -0.497 e. The highest BCUT2D eigenvalue weighted by molar-refractivity contribution is 5.85. The van der Waals surface area contributed by atoms with Gasteiger partial charge >= 0.3 is 0 Å². The average molecular weight is 452 g/mol. The Morgan fingerprint density at radius 2 is 1.59 bits per heavy atom. The summed E-state index contributed by atoms with van der Waals surface area (Å²) >= 11 is 0. The quantitative estimate of drug-likeness (QED) is 0.357. The molecule has 0 fully saturated rings. The van der Waals surface area contributed by atoms with E-state index < -0.39 is 0 Å². The number of benzene rings is 2. The zero-order chi connectivity index (χ0) is 21.6. The molecule has 4 aromatic rings. The van der Waals surface area contributed by atoms with Gasteiger partial charge in [0.15, 0.2) is 0 Å². The zero-order valence-corrected chi connectivity index (χ0v) is 18.4. The molecule has 0 saturated carbocycles. The van der Waals surface area contributed by atoms with Crippen molar-refractivity contribution in [2.75, 3.05) is 17.7 Å². The van der Waals surface area contributed by atoms with Gasteiger partial charge in [-0.05, 0) is 60.0 Å². The van der Waals surface area contributed by atoms with Gasteiger partial charge in [-0.3, -0.25) is 4.98 Å². The molecule has 0 saturated heterocycles. The number of ether oxygens (including phenoxy) is 1. The lowest BCUT2D eigenvalue weighted by Crippen LogP contribution is -2.09. The molecule has 0 spiro atoms. The molecule has 2 aromatic heterocycles. The van der Waals surface area contributed by atoms with E-state index >= 15 is 0 Å². The number of anilines is 3. The lowest BCUT2D eigenvalue weighted by molar-refractivity contribution is 0.415. The number of hydrogen-bond donors (Lipinski definition) is 2. The fourth-order valence-electron chi connectivity index (χ4n) is 3.17. The van der Waals surface area contributed by atoms with Crippen LogP contribution >= 0.6 is 12.4 Å². The number of nitrogens with zero attached hydrogens (tertiary/aromatic N) is 3. The Morgan fingerprint density at radius 1 is 0.875 bits per heavy atom. The van der Waals surface area contributed by atoms with Crippen molar-refractivity contribution in [2.45, 2.75) is 13.0 Å². The van der Waals surface area contributed by atoms with E-state index in [9.17, 15) is 4.39 Å². The molecule has 6 nitrogen and oxygen atoms in total. The van der Waals surface area contributed by atoms with E-state index in [1.807, 2.05) is 43.3 Å². The van der Waals surface area contributed by atoms with Crippen molar-refractivity contribution in [3.05, 3.63) is 90.6 Å². The SMILES string of the molecule is COc1ccc(-c2cc(Nc3cnccn3)nc(N[C@@H](C)c3ccc(F)cc3)c2)cc1.Cl. The van der Waals surface area contributed by atoms with Crippen molar-refractivity contribution in [2.24, 2.45) is 0 Å². The highest BCUT2D eigenvalue weighted by Gasteiger charge is 2.11. The fraction of sp³-hybridized carbons (Fsp3) is 0.125. The molecule has 32 heavy (non-hydrogen) atoms. The first-order valence-electron chi connectivity index (χ1n) is 9.82. The van der Waals surface area contributed by atoms with Crippen LogP contribution in [0.4, 0.5) is 21.8 Å². The second-order valence-corrected chi connectivity index (χ2v) is 6.99. The van der Waals surface area contributed by atoms with Crippen LogP contribution in [0, 0.1) is 5.82 Å². The molecule has 0 amide bonds. The van der Waals surface area contributed by atoms with E-state index in [0.29, 0.717) is 17.5 Å². The number of pyridine rings is 1. The molecule has 4 rings (SSSR count). The van der Waals surface area contributed by atoms with Gasteiger partial charge in [0.25, 0.3) is 0 Å². The maximum Gasteiger partial charge on any atom is 0.150 e. The molecular weight excluding hydrogens is 429 g/mol. The number of aromatic nitrogens is 3. The zero-order valence-electron chi connectivity index (χ0n) is 17.6. The molecule has 164 valence electrons. The second kappa shape index (κ2) is 10.5. The Morgan fingerprint density at radius 3 is 2.25 bits per heavy atom. The first-order valence-corrected chi connectivity index (χ1v) is 9.82. The first kappa shape index (κ1) is 23.0. The van der Waals surface area contributed by atoms with E-state index in [1.165, 1.54) is 12.1 Å². The smallest absolute Gasteiger partial charge is 0.150 e. The number of hydrogen-bond acceptors (Lipinski definition) is 6. The van der Waals surface area contributed by atoms with Crippen molar-refractivity contribution < 1.29 is 9.13 Å². The Kier molecular flexibility index (Phi) is 7.57. The van der Waals surface area contributed by atoms with Crippen LogP contribution in [0.2, 0.25) is 0 Å². The number of rotatable bonds is 7. The first-order chi connectivity index (χ1) is 15.1. The van der Waals surface area contributed by atoms with Gasteiger partial charge < -0.3 is 15.4 Å². The van der Waals surface area contributed by atoms with Gasteiger partial charge in [0.05, 0.1) is 13.3 Å². The third-order valence-electron chi connectivity index (χ3n) is 4.80. The maximum absolute atomic E-state index is 13.3. The van der Waals surface area contributed by atoms with Gasteiger partial charge in [-0.15, -0.1) is 12.4 Å². The van der Waals surface area contributed by atoms with Crippen molar-refractivity contribution in [3.8, 4) is 16.9 Å². The topological polar surface area (TPSA) is 72.0 Å². The van der Waals surface area contributed by atoms with Crippen LogP contribution in [0.5, 0.6) is 5.75 Å². The third kappa shape index (κ3) is 5.70. The Balaban J connectivity index is 0.00000289. The lowest BCUT2D eigenvalue weighted by Gasteiger charge is -2.17. The van der Waals surface area contributed by atoms with Crippen LogP contribution in [0.15, 0.2) is 79.3 Å². The predicted octanol–water partition coefficient (Wildman–Crippen LogP) is 6.02. The molecular formula is C24H23ClFN5O. The van der Waals surface area contributed by atoms with E-state index in [-0.39, 0.29) is 24.3 Å². The molecule has 2 aromatic carbocycles. The minimum absolute atomic E-state index is 0. The molecule has 0 aliphatic carbocycles. The molecule has 0 radical (unpaired) electrons. The molecule has 0 unspecified atom stereocenters.